The van der Waals surface area contributed by atoms with E-state index in [0.717, 1.165) is 17.7 Å². The molecule has 158 valence electrons. The maximum absolute atomic E-state index is 13.1. The van der Waals surface area contributed by atoms with E-state index in [1.165, 1.54) is 0 Å². The molecule has 10 heteroatoms. The van der Waals surface area contributed by atoms with Crippen LogP contribution in [0.25, 0.3) is 0 Å². The first kappa shape index (κ1) is 20.3. The molecule has 1 aromatic rings. The maximum Gasteiger partial charge on any atom is 0.325 e. The van der Waals surface area contributed by atoms with Gasteiger partial charge in [-0.05, 0) is 43.9 Å². The monoisotopic (exact) mass is 430 g/mol. The van der Waals surface area contributed by atoms with Crippen molar-refractivity contribution in [1.82, 2.24) is 15.1 Å². The Morgan fingerprint density at radius 2 is 1.90 bits per heavy atom. The zero-order valence-corrected chi connectivity index (χ0v) is 17.3. The first-order valence-corrected chi connectivity index (χ1v) is 11.6. The van der Waals surface area contributed by atoms with Gasteiger partial charge in [-0.25, -0.2) is 13.2 Å². The van der Waals surface area contributed by atoms with Crippen molar-refractivity contribution in [3.63, 3.8) is 0 Å². The van der Waals surface area contributed by atoms with E-state index in [-0.39, 0.29) is 17.5 Å². The van der Waals surface area contributed by atoms with Crippen LogP contribution in [0.5, 0.6) is 0 Å². The molecule has 0 aromatic heterocycles. The van der Waals surface area contributed by atoms with Crippen molar-refractivity contribution >= 4 is 27.7 Å². The average Bonchev–Trinajstić information content (AvgIpc) is 3.43. The first-order chi connectivity index (χ1) is 14.1. The fourth-order valence-electron chi connectivity index (χ4n) is 4.18. The molecule has 2 unspecified atom stereocenters. The minimum Gasteiger partial charge on any atom is -0.334 e. The third-order valence-corrected chi connectivity index (χ3v) is 7.74. The highest BCUT2D eigenvalue weighted by Gasteiger charge is 2.51. The minimum atomic E-state index is -3.17. The molecule has 4 rings (SSSR count). The number of hydrogen-bond donors (Lipinski definition) is 1. The molecule has 0 spiro atoms. The first-order valence-electron chi connectivity index (χ1n) is 9.81. The Bertz CT molecular complexity index is 1060. The Hall–Kier alpha value is -2.93. The molecule has 0 radical (unpaired) electrons. The number of rotatable bonds is 5. The van der Waals surface area contributed by atoms with Crippen molar-refractivity contribution in [2.45, 2.75) is 43.8 Å². The van der Waals surface area contributed by atoms with E-state index in [2.05, 4.69) is 5.32 Å². The number of benzene rings is 1. The minimum absolute atomic E-state index is 0.0264. The molecule has 3 aliphatic rings. The van der Waals surface area contributed by atoms with Gasteiger partial charge in [0.1, 0.15) is 12.1 Å². The summed E-state index contributed by atoms with van der Waals surface area (Å²) in [5.74, 6) is -0.987. The predicted octanol–water partition coefficient (Wildman–Crippen LogP) is 0.503. The fraction of sp³-hybridized carbons (Fsp3) is 0.500. The molecule has 2 aliphatic heterocycles. The number of amides is 4. The van der Waals surface area contributed by atoms with E-state index in [9.17, 15) is 22.8 Å². The summed E-state index contributed by atoms with van der Waals surface area (Å²) in [5.41, 5.74) is -0.402. The normalized spacial score (nSPS) is 27.6. The van der Waals surface area contributed by atoms with Crippen LogP contribution in [-0.2, 0) is 25.0 Å². The van der Waals surface area contributed by atoms with E-state index < -0.39 is 45.8 Å². The number of urea groups is 1. The van der Waals surface area contributed by atoms with Crippen molar-refractivity contribution in [2.24, 2.45) is 0 Å². The van der Waals surface area contributed by atoms with Crippen LogP contribution in [0, 0.1) is 11.3 Å². The zero-order chi connectivity index (χ0) is 21.7. The van der Waals surface area contributed by atoms with Gasteiger partial charge in [0.15, 0.2) is 9.84 Å². The Morgan fingerprint density at radius 3 is 2.43 bits per heavy atom. The quantitative estimate of drug-likeness (QED) is 0.678. The van der Waals surface area contributed by atoms with Gasteiger partial charge in [0.05, 0.1) is 23.1 Å². The number of sulfone groups is 1. The van der Waals surface area contributed by atoms with Crippen LogP contribution < -0.4 is 5.32 Å². The molecule has 1 N–H and O–H groups in total. The Labute approximate surface area is 174 Å². The molecular weight excluding hydrogens is 408 g/mol. The molecule has 0 bridgehead atoms. The number of nitriles is 1. The predicted molar refractivity (Wildman–Crippen MR) is 106 cm³/mol. The van der Waals surface area contributed by atoms with Gasteiger partial charge in [-0.15, -0.1) is 0 Å². The highest BCUT2D eigenvalue weighted by atomic mass is 32.2. The fourth-order valence-corrected chi connectivity index (χ4v) is 5.90. The summed E-state index contributed by atoms with van der Waals surface area (Å²) in [5, 5.41) is 11.6. The lowest BCUT2D eigenvalue weighted by molar-refractivity contribution is -0.140. The van der Waals surface area contributed by atoms with E-state index in [0.29, 0.717) is 17.5 Å². The highest BCUT2D eigenvalue weighted by molar-refractivity contribution is 7.91. The van der Waals surface area contributed by atoms with E-state index >= 15 is 0 Å². The molecule has 2 heterocycles. The second kappa shape index (κ2) is 7.09. The van der Waals surface area contributed by atoms with Crippen LogP contribution in [0.3, 0.4) is 0 Å². The summed E-state index contributed by atoms with van der Waals surface area (Å²) >= 11 is 0. The van der Waals surface area contributed by atoms with Gasteiger partial charge in [-0.3, -0.25) is 14.5 Å². The molecule has 4 amide bonds. The van der Waals surface area contributed by atoms with Crippen LogP contribution in [0.1, 0.15) is 37.3 Å². The van der Waals surface area contributed by atoms with E-state index in [1.54, 1.807) is 36.1 Å². The van der Waals surface area contributed by atoms with Gasteiger partial charge in [-0.1, -0.05) is 12.1 Å². The Kier molecular flexibility index (Phi) is 4.81. The number of carbonyl (C=O) groups excluding carboxylic acids is 3. The summed E-state index contributed by atoms with van der Waals surface area (Å²) in [6, 6.07) is 7.21. The summed E-state index contributed by atoms with van der Waals surface area (Å²) in [7, 11) is -3.17. The van der Waals surface area contributed by atoms with Crippen LogP contribution in [0.15, 0.2) is 24.3 Å². The number of imide groups is 1. The largest absolute Gasteiger partial charge is 0.334 e. The molecule has 30 heavy (non-hydrogen) atoms. The lowest BCUT2D eigenvalue weighted by Gasteiger charge is -2.30. The maximum atomic E-state index is 13.1. The molecule has 1 aromatic carbocycles. The highest BCUT2D eigenvalue weighted by Crippen LogP contribution is 2.33. The Balaban J connectivity index is 1.52. The molecule has 3 fully saturated rings. The van der Waals surface area contributed by atoms with Crippen LogP contribution >= 0.6 is 0 Å². The van der Waals surface area contributed by atoms with Crippen molar-refractivity contribution in [2.75, 3.05) is 18.1 Å². The third-order valence-electron chi connectivity index (χ3n) is 5.99. The van der Waals surface area contributed by atoms with Crippen molar-refractivity contribution < 1.29 is 22.8 Å². The van der Waals surface area contributed by atoms with E-state index in [4.69, 9.17) is 5.26 Å². The number of hydrogen-bond acceptors (Lipinski definition) is 6. The van der Waals surface area contributed by atoms with Crippen molar-refractivity contribution in [1.29, 1.82) is 5.26 Å². The lowest BCUT2D eigenvalue weighted by atomic mass is 9.91. The van der Waals surface area contributed by atoms with E-state index in [1.807, 2.05) is 6.07 Å². The average molecular weight is 430 g/mol. The number of nitrogens with zero attached hydrogens (tertiary/aromatic N) is 3. The molecule has 2 saturated heterocycles. The van der Waals surface area contributed by atoms with Crippen LogP contribution in [0.4, 0.5) is 4.79 Å². The molecule has 1 aliphatic carbocycles. The zero-order valence-electron chi connectivity index (χ0n) is 16.5. The lowest BCUT2D eigenvalue weighted by Crippen LogP contribution is -2.49. The van der Waals surface area contributed by atoms with Gasteiger partial charge in [0.25, 0.3) is 5.91 Å². The second-order valence-corrected chi connectivity index (χ2v) is 10.5. The third kappa shape index (κ3) is 3.54. The second-order valence-electron chi connectivity index (χ2n) is 8.22. The molecule has 2 atom stereocenters. The molecule has 1 saturated carbocycles. The SMILES string of the molecule is CC1(c2ccc(C#N)cc2)NC(=O)N(CC(=O)N(C2CC2)C2CCS(=O)(=O)C2)C1=O. The van der Waals surface area contributed by atoms with Gasteiger partial charge in [0.2, 0.25) is 5.91 Å². The van der Waals surface area contributed by atoms with Crippen molar-refractivity contribution in [3.8, 4) is 6.07 Å². The number of carbonyl (C=O) groups is 3. The standard InChI is InChI=1S/C20H22N4O5S/c1-20(14-4-2-13(10-21)3-5-14)18(26)23(19(27)22-20)11-17(25)24(15-6-7-15)16-8-9-30(28,29)12-16/h2-5,15-16H,6-9,11-12H2,1H3,(H,22,27). The molecular formula is C20H22N4O5S. The topological polar surface area (TPSA) is 128 Å². The van der Waals surface area contributed by atoms with Crippen LogP contribution in [-0.4, -0.2) is 66.2 Å². The smallest absolute Gasteiger partial charge is 0.325 e. The summed E-state index contributed by atoms with van der Waals surface area (Å²) in [6.07, 6.45) is 1.98. The Morgan fingerprint density at radius 1 is 1.23 bits per heavy atom. The van der Waals surface area contributed by atoms with Crippen molar-refractivity contribution in [3.05, 3.63) is 35.4 Å². The van der Waals surface area contributed by atoms with Crippen LogP contribution in [0.2, 0.25) is 0 Å². The summed E-state index contributed by atoms with van der Waals surface area (Å²) in [6.45, 7) is 1.13. The van der Waals surface area contributed by atoms with Gasteiger partial charge in [0, 0.05) is 12.1 Å². The molecule has 9 nitrogen and oxygen atoms in total. The van der Waals surface area contributed by atoms with Gasteiger partial charge < -0.3 is 10.2 Å². The number of nitrogens with one attached hydrogen (secondary N) is 1. The van der Waals surface area contributed by atoms with Gasteiger partial charge in [-0.2, -0.15) is 5.26 Å². The summed E-state index contributed by atoms with van der Waals surface area (Å²) < 4.78 is 23.7. The van der Waals surface area contributed by atoms with Gasteiger partial charge >= 0.3 is 6.03 Å². The summed E-state index contributed by atoms with van der Waals surface area (Å²) in [4.78, 5) is 41.1.